The van der Waals surface area contributed by atoms with E-state index in [0.29, 0.717) is 40.4 Å². The number of benzene rings is 3. The molecule has 36 nitrogen and oxygen atoms in total. The summed E-state index contributed by atoms with van der Waals surface area (Å²) >= 11 is 0. The minimum atomic E-state index is -2.16. The van der Waals surface area contributed by atoms with Gasteiger partial charge in [0.15, 0.2) is 12.2 Å². The number of aromatic nitrogens is 1. The van der Waals surface area contributed by atoms with Gasteiger partial charge in [0, 0.05) is 88.6 Å². The Morgan fingerprint density at radius 2 is 0.944 bits per heavy atom. The first-order valence-electron chi connectivity index (χ1n) is 36.1. The quantitative estimate of drug-likeness (QED) is 0.00882. The number of aliphatic carboxylic acids is 3. The summed E-state index contributed by atoms with van der Waals surface area (Å²) in [6, 6.07) is 6.52. The van der Waals surface area contributed by atoms with Gasteiger partial charge in [0.05, 0.1) is 32.8 Å². The lowest BCUT2D eigenvalue weighted by Gasteiger charge is -2.30. The van der Waals surface area contributed by atoms with Gasteiger partial charge in [-0.2, -0.15) is 0 Å². The van der Waals surface area contributed by atoms with Crippen LogP contribution >= 0.6 is 0 Å². The highest BCUT2D eigenvalue weighted by atomic mass is 16.5. The highest BCUT2D eigenvalue weighted by Gasteiger charge is 2.38. The number of nitrogens with two attached hydrogens (primary N) is 1. The highest BCUT2D eigenvalue weighted by Crippen LogP contribution is 2.28. The largest absolute Gasteiger partial charge is 0.508 e. The van der Waals surface area contributed by atoms with Crippen LogP contribution in [-0.2, 0) is 76.8 Å². The molecule has 2 fully saturated rings. The first-order chi connectivity index (χ1) is 51.5. The van der Waals surface area contributed by atoms with Crippen LogP contribution in [0.5, 0.6) is 5.75 Å². The average Bonchev–Trinajstić information content (AvgIpc) is 1.73. The van der Waals surface area contributed by atoms with Crippen molar-refractivity contribution in [1.82, 2.24) is 72.9 Å². The Balaban J connectivity index is 1.23. The maximum atomic E-state index is 14.9. The van der Waals surface area contributed by atoms with Gasteiger partial charge in [-0.15, -0.1) is 0 Å². The molecule has 2 heterocycles. The molecule has 3 aromatic carbocycles. The number of amides is 9. The number of aliphatic hydroxyl groups excluding tert-OH is 3. The highest BCUT2D eigenvalue weighted by molar-refractivity contribution is 5.99. The summed E-state index contributed by atoms with van der Waals surface area (Å²) in [6.45, 7) is 1.38. The topological polar surface area (TPSA) is 562 Å². The molecule has 6 rings (SSSR count). The van der Waals surface area contributed by atoms with E-state index in [-0.39, 0.29) is 121 Å². The molecule has 1 aliphatic carbocycles. The molecule has 9 amide bonds. The number of phenolic OH excluding ortho intramolecular Hbond substituents is 1. The molecule has 108 heavy (non-hydrogen) atoms. The van der Waals surface area contributed by atoms with Crippen LogP contribution in [-0.4, -0.2) is 277 Å². The van der Waals surface area contributed by atoms with Crippen LogP contribution in [0, 0.1) is 17.2 Å². The van der Waals surface area contributed by atoms with Crippen LogP contribution in [0.4, 0.5) is 0 Å². The molecule has 36 heteroatoms. The molecule has 22 N–H and O–H groups in total. The molecule has 9 atom stereocenters. The average molecular weight is 1510 g/mol. The molecular formula is C72H104N16O20. The third-order valence-corrected chi connectivity index (χ3v) is 18.5. The van der Waals surface area contributed by atoms with Gasteiger partial charge in [-0.3, -0.25) is 72.8 Å². The van der Waals surface area contributed by atoms with Crippen LogP contribution in [0.1, 0.15) is 94.7 Å². The summed E-state index contributed by atoms with van der Waals surface area (Å²) in [5, 5.41) is 114. The summed E-state index contributed by atoms with van der Waals surface area (Å²) in [7, 11) is 0. The number of hydrogen-bond donors (Lipinski definition) is 21. The number of carbonyl (C=O) groups is 12. The van der Waals surface area contributed by atoms with Crippen molar-refractivity contribution in [3.8, 4) is 5.75 Å². The Morgan fingerprint density at radius 1 is 0.509 bits per heavy atom. The van der Waals surface area contributed by atoms with Gasteiger partial charge >= 0.3 is 17.9 Å². The normalized spacial score (nSPS) is 16.5. The second-order valence-electron chi connectivity index (χ2n) is 27.6. The van der Waals surface area contributed by atoms with E-state index in [9.17, 15) is 98.4 Å². The fourth-order valence-corrected chi connectivity index (χ4v) is 12.8. The second kappa shape index (κ2) is 44.1. The number of rotatable bonds is 42. The van der Waals surface area contributed by atoms with Gasteiger partial charge in [-0.05, 0) is 72.4 Å². The van der Waals surface area contributed by atoms with Gasteiger partial charge in [0.25, 0.3) is 0 Å². The molecule has 0 bridgehead atoms. The maximum absolute atomic E-state index is 14.9. The monoisotopic (exact) mass is 1510 g/mol. The number of aromatic hydroxyl groups is 1. The number of carboxylic acid groups (broad SMARTS) is 3. The predicted octanol–water partition coefficient (Wildman–Crippen LogP) is -3.60. The lowest BCUT2D eigenvalue weighted by molar-refractivity contribution is -0.143. The number of hydrogen-bond acceptors (Lipinski definition) is 21. The summed E-state index contributed by atoms with van der Waals surface area (Å²) in [5.41, 5.74) is 7.67. The summed E-state index contributed by atoms with van der Waals surface area (Å²) < 4.78 is 0. The number of carboxylic acids is 3. The van der Waals surface area contributed by atoms with Gasteiger partial charge in [-0.25, -0.2) is 4.79 Å². The number of fused-ring (bicyclic) bond motifs is 1. The zero-order valence-electron chi connectivity index (χ0n) is 60.6. The van der Waals surface area contributed by atoms with Gasteiger partial charge < -0.3 is 105 Å². The SMILES string of the molecule is CC(C)C[C@@H](NC(=O)[C@H](Cc1ccc(O)cc1)NC(=O)C(CCCNC(=N)N)NC(=O)C(CO)NC(=O)C(Cc1ccccc1)NC(=O)[C@H](CC1CCCCC1)NC(=O)[C@@H](CC(O)O)NC(=O)CN1CCN(CC(=O)O)CCN(CC(=O)O)CC1)C(=O)N[C@@H](Cc1c[nH]c2ccccc12)C(=O)N[C@@H](CO)C(=O)O. The van der Waals surface area contributed by atoms with E-state index < -0.39 is 164 Å². The van der Waals surface area contributed by atoms with E-state index in [4.69, 9.17) is 11.1 Å². The molecule has 3 unspecified atom stereocenters. The number of nitrogens with zero attached hydrogens (tertiary/aromatic N) is 3. The van der Waals surface area contributed by atoms with E-state index in [0.717, 1.165) is 19.3 Å². The molecule has 1 aromatic heterocycles. The Bertz CT molecular complexity index is 3640. The van der Waals surface area contributed by atoms with E-state index >= 15 is 0 Å². The van der Waals surface area contributed by atoms with Crippen LogP contribution in [0.15, 0.2) is 85.1 Å². The van der Waals surface area contributed by atoms with Gasteiger partial charge in [0.2, 0.25) is 53.2 Å². The first kappa shape index (κ1) is 86.5. The van der Waals surface area contributed by atoms with Crippen molar-refractivity contribution in [2.24, 2.45) is 17.6 Å². The van der Waals surface area contributed by atoms with Crippen molar-refractivity contribution in [1.29, 1.82) is 5.41 Å². The van der Waals surface area contributed by atoms with Crippen LogP contribution in [0.2, 0.25) is 0 Å². The Kier molecular flexibility index (Phi) is 35.3. The van der Waals surface area contributed by atoms with Gasteiger partial charge in [-0.1, -0.05) is 107 Å². The lowest BCUT2D eigenvalue weighted by atomic mass is 9.84. The summed E-state index contributed by atoms with van der Waals surface area (Å²) in [5.74, 6) is -13.5. The molecule has 592 valence electrons. The van der Waals surface area contributed by atoms with E-state index in [1.54, 1.807) is 89.3 Å². The zero-order valence-corrected chi connectivity index (χ0v) is 60.6. The molecule has 1 aliphatic heterocycles. The summed E-state index contributed by atoms with van der Waals surface area (Å²) in [6.07, 6.45) is 1.49. The van der Waals surface area contributed by atoms with Crippen LogP contribution < -0.4 is 58.9 Å². The molecule has 2 aliphatic rings. The Morgan fingerprint density at radius 3 is 1.46 bits per heavy atom. The Hall–Kier alpha value is -10.4. The van der Waals surface area contributed by atoms with Crippen molar-refractivity contribution in [2.75, 3.05) is 78.7 Å². The van der Waals surface area contributed by atoms with Crippen LogP contribution in [0.25, 0.3) is 10.9 Å². The van der Waals surface area contributed by atoms with Crippen molar-refractivity contribution in [2.45, 2.75) is 158 Å². The molecule has 4 aromatic rings. The number of aromatic amines is 1. The molecule has 1 saturated heterocycles. The molecular weight excluding hydrogens is 1410 g/mol. The summed E-state index contributed by atoms with van der Waals surface area (Å²) in [4.78, 5) is 174. The van der Waals surface area contributed by atoms with Crippen molar-refractivity contribution in [3.63, 3.8) is 0 Å². The molecule has 0 radical (unpaired) electrons. The number of para-hydroxylation sites is 1. The third-order valence-electron chi connectivity index (χ3n) is 18.5. The number of guanidine groups is 1. The first-order valence-corrected chi connectivity index (χ1v) is 36.1. The molecule has 1 saturated carbocycles. The fourth-order valence-electron chi connectivity index (χ4n) is 12.8. The third kappa shape index (κ3) is 29.8. The van der Waals surface area contributed by atoms with Gasteiger partial charge in [0.1, 0.15) is 60.1 Å². The maximum Gasteiger partial charge on any atom is 0.328 e. The smallest absolute Gasteiger partial charge is 0.328 e. The number of H-pyrrole nitrogens is 1. The second-order valence-corrected chi connectivity index (χ2v) is 27.6. The Labute approximate surface area is 623 Å². The van der Waals surface area contributed by atoms with E-state index in [1.165, 1.54) is 24.3 Å². The van der Waals surface area contributed by atoms with Crippen molar-refractivity contribution in [3.05, 3.63) is 102 Å². The van der Waals surface area contributed by atoms with Crippen molar-refractivity contribution < 1.29 is 98.4 Å². The standard InChI is InChI=1S/C72H104N16O20/c1-42(2)30-51(64(100)83-55(68(104)85-58(41-90)71(107)108)34-46-36-76-49-17-10-9-16-48(46)49)79-65(101)54(33-45-19-21-47(91)22-20-45)80-63(99)50(18-11-23-75-72(73)74)78-70(106)57(40-89)84-67(103)53(32-44-14-7-4-8-15-44)81-66(102)52(31-43-12-5-3-6-13-43)82-69(105)56(35-60(93)94)77-59(92)37-86-24-26-87(38-61(95)96)28-29-88(27-25-86)39-62(97)98/h4,7-10,14-17,19-22,36,42-43,50-58,60,76,89-91,93-94H,3,5-6,11-13,18,23-35,37-41H2,1-2H3,(H,77,92)(H,78,106)(H,79,101)(H,80,99)(H,81,102)(H,82,105)(H,83,100)(H,84,103)(H,85,104)(H,95,96)(H,97,98)(H,107,108)(H4,73,74,75)/t50?,51-,52+,53?,54+,55+,56-,57?,58+/m1/s1. The van der Waals surface area contributed by atoms with Crippen molar-refractivity contribution >= 4 is 87.9 Å². The zero-order chi connectivity index (χ0) is 79.0. The number of aliphatic hydroxyl groups is 4. The minimum Gasteiger partial charge on any atom is -0.508 e. The van der Waals surface area contributed by atoms with E-state index in [2.05, 4.69) is 58.2 Å². The number of carbonyl (C=O) groups excluding carboxylic acids is 9. The van der Waals surface area contributed by atoms with E-state index in [1.807, 2.05) is 0 Å². The molecule has 0 spiro atoms. The van der Waals surface area contributed by atoms with Crippen LogP contribution in [0.3, 0.4) is 0 Å². The lowest BCUT2D eigenvalue weighted by Crippen LogP contribution is -2.61. The number of nitrogens with one attached hydrogen (secondary N) is 12. The minimum absolute atomic E-state index is 0.0154. The predicted molar refractivity (Wildman–Crippen MR) is 390 cm³/mol. The fraction of sp³-hybridized carbons (Fsp3) is 0.542. The number of phenols is 1.